The van der Waals surface area contributed by atoms with Crippen LogP contribution in [0.1, 0.15) is 182 Å². The van der Waals surface area contributed by atoms with E-state index in [1.807, 2.05) is 62.4 Å². The van der Waals surface area contributed by atoms with Crippen LogP contribution < -0.4 is 53.2 Å². The van der Waals surface area contributed by atoms with Crippen LogP contribution in [0.25, 0.3) is 10.8 Å². The molecule has 2 aliphatic heterocycles. The maximum absolute atomic E-state index is 15.0. The first-order valence-electron chi connectivity index (χ1n) is 35.8. The summed E-state index contributed by atoms with van der Waals surface area (Å²) >= 11 is 3.21. The molecular formula is C74H109N11O12S2. The molecule has 23 nitrogen and oxygen atoms in total. The van der Waals surface area contributed by atoms with Gasteiger partial charge in [0.15, 0.2) is 0 Å². The van der Waals surface area contributed by atoms with Gasteiger partial charge >= 0.3 is 0 Å². The molecular weight excluding hydrogens is 1300 g/mol. The number of rotatable bonds is 9. The lowest BCUT2D eigenvalue weighted by Crippen LogP contribution is -2.66. The molecule has 0 aromatic heterocycles. The van der Waals surface area contributed by atoms with Crippen molar-refractivity contribution >= 4 is 99.3 Å². The van der Waals surface area contributed by atoms with Gasteiger partial charge in [-0.1, -0.05) is 159 Å². The lowest BCUT2D eigenvalue weighted by molar-refractivity contribution is -0.143. The summed E-state index contributed by atoms with van der Waals surface area (Å²) in [5.74, 6) is -5.28. The number of amides is 11. The van der Waals surface area contributed by atoms with Crippen LogP contribution in [-0.2, 0) is 70.7 Å². The predicted octanol–water partition coefficient (Wildman–Crippen LogP) is 5.90. The Hall–Kier alpha value is -7.25. The molecule has 7 rings (SSSR count). The Morgan fingerprint density at radius 3 is 1.73 bits per heavy atom. The predicted molar refractivity (Wildman–Crippen MR) is 386 cm³/mol. The molecule has 3 aromatic rings. The van der Waals surface area contributed by atoms with Crippen molar-refractivity contribution in [2.24, 2.45) is 23.7 Å². The zero-order chi connectivity index (χ0) is 72.1. The molecule has 2 saturated carbocycles. The topological polar surface area (TPSA) is 332 Å². The van der Waals surface area contributed by atoms with Gasteiger partial charge in [-0.3, -0.25) is 52.7 Å². The van der Waals surface area contributed by atoms with Crippen molar-refractivity contribution in [3.63, 3.8) is 0 Å². The lowest BCUT2D eigenvalue weighted by Gasteiger charge is -2.36. The Kier molecular flexibility index (Phi) is 29.9. The van der Waals surface area contributed by atoms with Crippen molar-refractivity contribution in [3.05, 3.63) is 83.4 Å². The highest BCUT2D eigenvalue weighted by Gasteiger charge is 2.45. The van der Waals surface area contributed by atoms with Gasteiger partial charge in [0.2, 0.25) is 65.0 Å². The average molecular weight is 1410 g/mol. The molecule has 3 fully saturated rings. The first-order chi connectivity index (χ1) is 47.0. The minimum atomic E-state index is -1.77. The molecule has 2 aliphatic carbocycles. The van der Waals surface area contributed by atoms with Crippen LogP contribution in [0.4, 0.5) is 0 Å². The van der Waals surface area contributed by atoms with Crippen LogP contribution in [0.5, 0.6) is 0 Å². The number of hydrogen-bond acceptors (Lipinski definition) is 14. The van der Waals surface area contributed by atoms with Gasteiger partial charge < -0.3 is 63.2 Å². The molecule has 25 heteroatoms. The van der Waals surface area contributed by atoms with Crippen LogP contribution >= 0.6 is 23.5 Å². The molecule has 0 radical (unpaired) electrons. The Labute approximate surface area is 592 Å². The van der Waals surface area contributed by atoms with Crippen molar-refractivity contribution in [1.29, 1.82) is 0 Å². The van der Waals surface area contributed by atoms with E-state index in [1.54, 1.807) is 63.4 Å². The number of hydrogen-bond donors (Lipinski definition) is 11. The summed E-state index contributed by atoms with van der Waals surface area (Å²) in [7, 11) is 0. The first-order valence-corrected chi connectivity index (χ1v) is 38.1. The maximum atomic E-state index is 15.0. The number of carbonyl (C=O) groups excluding carboxylic acids is 11. The summed E-state index contributed by atoms with van der Waals surface area (Å²) < 4.78 is 0. The third-order valence-electron chi connectivity index (χ3n) is 20.0. The summed E-state index contributed by atoms with van der Waals surface area (Å²) in [6, 6.07) is 11.5. The fraction of sp³-hybridized carbons (Fsp3) is 0.635. The second-order valence-electron chi connectivity index (χ2n) is 29.0. The van der Waals surface area contributed by atoms with Crippen molar-refractivity contribution in [3.8, 4) is 0 Å². The van der Waals surface area contributed by atoms with Gasteiger partial charge in [0, 0.05) is 48.9 Å². The average Bonchev–Trinajstić information content (AvgIpc) is 1.79. The number of nitrogens with zero attached hydrogens (tertiary/aromatic N) is 1. The standard InChI is InChI=1S/C74H109N11O12S2/c1-44(2)61-68(93)80-58(40-50-24-15-12-16-25-50)70(95)85-35-21-32-59(85)67(92)82-62(48(7)86)69(94)79-57(41-54-30-20-29-53-28-17-18-31-55(53)54)65(90)83-73(8,9)71(96)76-47(6)64(89)78-56(39-49-22-13-11-14-23-49)66(91)84-74(10,45(3)4)72(97)77-46(5)63(88)75-34-37-99-43-52-27-19-26-51(38-52)42-98-36-33-60(87)81-61/h17-20,26-31,38,44-50,56-59,61-62,86H,11-16,21-25,32-37,39-43H2,1-10H3,(H,75,88)(H,76,96)(H,77,97)(H,78,89)(H,79,94)(H,80,93)(H,81,87)(H,82,92)(H,83,90)(H,84,91)/t46-,47-,48+,56-,57-,58-,59-,61-,62-,74-/m0/s1. The summed E-state index contributed by atoms with van der Waals surface area (Å²) in [4.78, 5) is 160. The van der Waals surface area contributed by atoms with E-state index in [9.17, 15) is 57.8 Å². The van der Waals surface area contributed by atoms with Crippen molar-refractivity contribution in [1.82, 2.24) is 58.1 Å². The van der Waals surface area contributed by atoms with Gasteiger partial charge in [-0.2, -0.15) is 23.5 Å². The second-order valence-corrected chi connectivity index (χ2v) is 31.2. The summed E-state index contributed by atoms with van der Waals surface area (Å²) in [6.45, 7) is 16.4. The maximum Gasteiger partial charge on any atom is 0.246 e. The van der Waals surface area contributed by atoms with E-state index in [-0.39, 0.29) is 55.9 Å². The Morgan fingerprint density at radius 1 is 0.535 bits per heavy atom. The molecule has 11 amide bonds. The van der Waals surface area contributed by atoms with Crippen LogP contribution in [0.2, 0.25) is 0 Å². The molecule has 10 atom stereocenters. The van der Waals surface area contributed by atoms with E-state index in [2.05, 4.69) is 59.2 Å². The summed E-state index contributed by atoms with van der Waals surface area (Å²) in [5, 5.41) is 41.3. The van der Waals surface area contributed by atoms with E-state index in [1.165, 1.54) is 32.6 Å². The van der Waals surface area contributed by atoms with Crippen molar-refractivity contribution < 1.29 is 57.8 Å². The number of aliphatic hydroxyl groups excluding tert-OH is 1. The molecule has 1 saturated heterocycles. The van der Waals surface area contributed by atoms with Gasteiger partial charge in [-0.25, -0.2) is 0 Å². The van der Waals surface area contributed by atoms with Crippen LogP contribution in [0, 0.1) is 23.7 Å². The zero-order valence-corrected chi connectivity index (χ0v) is 61.2. The third-order valence-corrected chi connectivity index (χ3v) is 22.0. The molecule has 11 N–H and O–H groups in total. The zero-order valence-electron chi connectivity index (χ0n) is 59.6. The largest absolute Gasteiger partial charge is 0.391 e. The van der Waals surface area contributed by atoms with Crippen molar-refractivity contribution in [2.75, 3.05) is 24.6 Å². The number of benzene rings is 3. The normalized spacial score (nSPS) is 27.6. The minimum absolute atomic E-state index is 0.0696. The van der Waals surface area contributed by atoms with E-state index in [0.29, 0.717) is 48.0 Å². The van der Waals surface area contributed by atoms with Crippen LogP contribution in [0.3, 0.4) is 0 Å². The Morgan fingerprint density at radius 2 is 1.09 bits per heavy atom. The highest BCUT2D eigenvalue weighted by molar-refractivity contribution is 7.98. The van der Waals surface area contributed by atoms with Gasteiger partial charge in [0.05, 0.1) is 6.10 Å². The number of aliphatic hydroxyl groups is 1. The highest BCUT2D eigenvalue weighted by atomic mass is 32.2. The number of carbonyl (C=O) groups is 11. The third kappa shape index (κ3) is 22.9. The Balaban J connectivity index is 1.15. The SMILES string of the molecule is CC(C)[C@@H]1NC(=O)CCSCc2cccc(c2)CSCCNC(=O)[C@H](C)NC(=O)[C@](C)(C(C)C)NC(=O)[C@H](CC2CCCCC2)NC(=O)[C@H](C)NC(=O)C(C)(C)NC(=O)[C@H](Cc2cccc3ccccc23)NC(=O)[C@H]([C@@H](C)O)NC(=O)[C@@H]2CCCN2C(=O)[C@H](CC2CCCCC2)NC1=O. The molecule has 2 bridgehead atoms. The smallest absolute Gasteiger partial charge is 0.246 e. The minimum Gasteiger partial charge on any atom is -0.391 e. The number of thioether (sulfide) groups is 2. The molecule has 99 heavy (non-hydrogen) atoms. The summed E-state index contributed by atoms with van der Waals surface area (Å²) in [6.07, 6.45) is 8.94. The van der Waals surface area contributed by atoms with Gasteiger partial charge in [-0.05, 0) is 118 Å². The van der Waals surface area contributed by atoms with E-state index >= 15 is 0 Å². The second kappa shape index (κ2) is 37.4. The monoisotopic (exact) mass is 1410 g/mol. The fourth-order valence-corrected chi connectivity index (χ4v) is 15.2. The van der Waals surface area contributed by atoms with E-state index < -0.39 is 131 Å². The fourth-order valence-electron chi connectivity index (χ4n) is 13.5. The van der Waals surface area contributed by atoms with Gasteiger partial charge in [0.1, 0.15) is 59.4 Å². The first kappa shape index (κ1) is 79.1. The lowest BCUT2D eigenvalue weighted by atomic mass is 9.83. The number of nitrogens with one attached hydrogen (secondary N) is 10. The summed E-state index contributed by atoms with van der Waals surface area (Å²) in [5.41, 5.74) is -0.520. The van der Waals surface area contributed by atoms with Gasteiger partial charge in [0.25, 0.3) is 0 Å². The van der Waals surface area contributed by atoms with Crippen LogP contribution in [0.15, 0.2) is 66.7 Å². The highest BCUT2D eigenvalue weighted by Crippen LogP contribution is 2.31. The molecule has 544 valence electrons. The molecule has 2 heterocycles. The molecule has 0 spiro atoms. The Bertz CT molecular complexity index is 3310. The van der Waals surface area contributed by atoms with Gasteiger partial charge in [-0.15, -0.1) is 0 Å². The molecule has 0 unspecified atom stereocenters. The molecule has 3 aromatic carbocycles. The van der Waals surface area contributed by atoms with Crippen LogP contribution in [-0.4, -0.2) is 165 Å². The van der Waals surface area contributed by atoms with Crippen molar-refractivity contribution in [2.45, 2.75) is 249 Å². The van der Waals surface area contributed by atoms with E-state index in [0.717, 1.165) is 86.1 Å². The molecule has 4 aliphatic rings. The van der Waals surface area contributed by atoms with E-state index in [4.69, 9.17) is 0 Å². The quantitative estimate of drug-likeness (QED) is 0.119. The number of fused-ring (bicyclic) bond motifs is 4.